The molecule has 0 spiro atoms. The number of nitrogens with one attached hydrogen (secondary N) is 1. The van der Waals surface area contributed by atoms with E-state index in [2.05, 4.69) is 4.72 Å². The molecule has 0 atom stereocenters. The molecule has 0 aromatic heterocycles. The molecular weight excluding hydrogens is 318 g/mol. The zero-order valence-electron chi connectivity index (χ0n) is 11.7. The zero-order chi connectivity index (χ0) is 16.3. The summed E-state index contributed by atoms with van der Waals surface area (Å²) in [5.74, 6) is -1.33. The Kier molecular flexibility index (Phi) is 5.48. The summed E-state index contributed by atoms with van der Waals surface area (Å²) in [4.78, 5) is 10.8. The van der Waals surface area contributed by atoms with Crippen LogP contribution in [0.5, 0.6) is 0 Å². The first-order valence-electron chi connectivity index (χ1n) is 6.04. The van der Waals surface area contributed by atoms with Crippen LogP contribution in [-0.2, 0) is 19.9 Å². The highest BCUT2D eigenvalue weighted by molar-refractivity contribution is 7.90. The van der Waals surface area contributed by atoms with Gasteiger partial charge >= 0.3 is 5.97 Å². The Morgan fingerprint density at radius 3 is 2.38 bits per heavy atom. The van der Waals surface area contributed by atoms with E-state index in [0.717, 1.165) is 12.3 Å². The maximum Gasteiger partial charge on any atom is 0.335 e. The number of carboxylic acids is 1. The molecule has 0 bridgehead atoms. The summed E-state index contributed by atoms with van der Waals surface area (Å²) >= 11 is 0. The van der Waals surface area contributed by atoms with Crippen molar-refractivity contribution in [2.45, 2.75) is 18.2 Å². The summed E-state index contributed by atoms with van der Waals surface area (Å²) < 4.78 is 48.1. The summed E-state index contributed by atoms with van der Waals surface area (Å²) in [5.41, 5.74) is 0.368. The van der Waals surface area contributed by atoms with Crippen molar-refractivity contribution in [2.24, 2.45) is 0 Å². The Labute approximate surface area is 124 Å². The van der Waals surface area contributed by atoms with E-state index in [1.807, 2.05) is 0 Å². The van der Waals surface area contributed by atoms with Crippen LogP contribution in [0.15, 0.2) is 23.1 Å². The zero-order valence-corrected chi connectivity index (χ0v) is 13.3. The minimum absolute atomic E-state index is 0.0360. The molecule has 1 aromatic carbocycles. The molecular formula is C12H17NO6S2. The second-order valence-corrected chi connectivity index (χ2v) is 8.69. The lowest BCUT2D eigenvalue weighted by atomic mass is 10.1. The van der Waals surface area contributed by atoms with Gasteiger partial charge in [-0.15, -0.1) is 0 Å². The molecule has 0 heterocycles. The van der Waals surface area contributed by atoms with Gasteiger partial charge in [-0.2, -0.15) is 0 Å². The van der Waals surface area contributed by atoms with E-state index < -0.39 is 25.8 Å². The lowest BCUT2D eigenvalue weighted by molar-refractivity contribution is 0.0696. The molecule has 21 heavy (non-hydrogen) atoms. The van der Waals surface area contributed by atoms with Gasteiger partial charge in [-0.25, -0.2) is 26.4 Å². The van der Waals surface area contributed by atoms with Crippen LogP contribution in [-0.4, -0.2) is 46.5 Å². The number of hydrogen-bond acceptors (Lipinski definition) is 5. The fraction of sp³-hybridized carbons (Fsp3) is 0.417. The summed E-state index contributed by atoms with van der Waals surface area (Å²) in [6.07, 6.45) is 1.22. The molecule has 2 N–H and O–H groups in total. The van der Waals surface area contributed by atoms with Gasteiger partial charge in [0.2, 0.25) is 10.0 Å². The van der Waals surface area contributed by atoms with Crippen molar-refractivity contribution in [3.05, 3.63) is 29.3 Å². The molecule has 0 aliphatic carbocycles. The fourth-order valence-electron chi connectivity index (χ4n) is 1.62. The van der Waals surface area contributed by atoms with Crippen molar-refractivity contribution >= 4 is 25.8 Å². The monoisotopic (exact) mass is 335 g/mol. The number of carbonyl (C=O) groups is 1. The number of sulfonamides is 1. The smallest absolute Gasteiger partial charge is 0.335 e. The molecule has 9 heteroatoms. The number of aromatic carboxylic acids is 1. The number of benzene rings is 1. The highest BCUT2D eigenvalue weighted by Gasteiger charge is 2.17. The Balaban J connectivity index is 2.84. The molecule has 118 valence electrons. The molecule has 0 aliphatic rings. The van der Waals surface area contributed by atoms with Gasteiger partial charge in [0.05, 0.1) is 16.2 Å². The third kappa shape index (κ3) is 5.44. The van der Waals surface area contributed by atoms with Crippen LogP contribution in [0.2, 0.25) is 0 Å². The largest absolute Gasteiger partial charge is 0.478 e. The second-order valence-electron chi connectivity index (χ2n) is 4.66. The molecule has 7 nitrogen and oxygen atoms in total. The van der Waals surface area contributed by atoms with Crippen molar-refractivity contribution in [1.82, 2.24) is 4.72 Å². The highest BCUT2D eigenvalue weighted by atomic mass is 32.2. The first-order valence-corrected chi connectivity index (χ1v) is 9.58. The van der Waals surface area contributed by atoms with Gasteiger partial charge in [0, 0.05) is 12.8 Å². The Morgan fingerprint density at radius 1 is 1.24 bits per heavy atom. The predicted octanol–water partition coefficient (Wildman–Crippen LogP) is 0.406. The van der Waals surface area contributed by atoms with Gasteiger partial charge in [0.15, 0.2) is 0 Å². The maximum absolute atomic E-state index is 12.0. The molecule has 0 radical (unpaired) electrons. The third-order valence-corrected chi connectivity index (χ3v) is 5.22. The lowest BCUT2D eigenvalue weighted by Gasteiger charge is -2.08. The highest BCUT2D eigenvalue weighted by Crippen LogP contribution is 2.15. The maximum atomic E-state index is 12.0. The predicted molar refractivity (Wildman–Crippen MR) is 77.7 cm³/mol. The average molecular weight is 335 g/mol. The van der Waals surface area contributed by atoms with E-state index in [4.69, 9.17) is 5.11 Å². The number of sulfone groups is 1. The minimum Gasteiger partial charge on any atom is -0.478 e. The van der Waals surface area contributed by atoms with Gasteiger partial charge in [-0.05, 0) is 31.0 Å². The van der Waals surface area contributed by atoms with E-state index in [1.54, 1.807) is 6.92 Å². The van der Waals surface area contributed by atoms with E-state index in [0.29, 0.717) is 5.56 Å². The Hall–Kier alpha value is -1.45. The molecule has 0 unspecified atom stereocenters. The topological polar surface area (TPSA) is 118 Å². The van der Waals surface area contributed by atoms with E-state index in [-0.39, 0.29) is 29.2 Å². The van der Waals surface area contributed by atoms with Crippen LogP contribution in [0.4, 0.5) is 0 Å². The SMILES string of the molecule is Cc1ccc(S(=O)(=O)NCCCS(C)(=O)=O)cc1C(=O)O. The van der Waals surface area contributed by atoms with E-state index >= 15 is 0 Å². The van der Waals surface area contributed by atoms with Gasteiger partial charge in [-0.3, -0.25) is 0 Å². The average Bonchev–Trinajstić information content (AvgIpc) is 2.33. The van der Waals surface area contributed by atoms with Gasteiger partial charge in [0.1, 0.15) is 9.84 Å². The lowest BCUT2D eigenvalue weighted by Crippen LogP contribution is -2.26. The van der Waals surface area contributed by atoms with E-state index in [1.165, 1.54) is 12.1 Å². The molecule has 0 fully saturated rings. The number of hydrogen-bond donors (Lipinski definition) is 2. The number of carboxylic acid groups (broad SMARTS) is 1. The van der Waals surface area contributed by atoms with Crippen molar-refractivity contribution in [1.29, 1.82) is 0 Å². The van der Waals surface area contributed by atoms with Crippen LogP contribution < -0.4 is 4.72 Å². The second kappa shape index (κ2) is 6.54. The van der Waals surface area contributed by atoms with Crippen LogP contribution in [0.1, 0.15) is 22.3 Å². The normalized spacial score (nSPS) is 12.3. The van der Waals surface area contributed by atoms with E-state index in [9.17, 15) is 21.6 Å². The molecule has 0 saturated heterocycles. The molecule has 0 saturated carbocycles. The standard InChI is InChI=1S/C12H17NO6S2/c1-9-4-5-10(8-11(9)12(14)15)21(18,19)13-6-3-7-20(2,16)17/h4-5,8,13H,3,6-7H2,1-2H3,(H,14,15). The van der Waals surface area contributed by atoms with Gasteiger partial charge < -0.3 is 5.11 Å². The van der Waals surface area contributed by atoms with Crippen molar-refractivity contribution in [2.75, 3.05) is 18.6 Å². The summed E-state index contributed by atoms with van der Waals surface area (Å²) in [5, 5.41) is 8.98. The first-order chi connectivity index (χ1) is 9.53. The van der Waals surface area contributed by atoms with Crippen molar-refractivity contribution in [3.8, 4) is 0 Å². The summed E-state index contributed by atoms with van der Waals surface area (Å²) in [6, 6.07) is 3.80. The van der Waals surface area contributed by atoms with Crippen LogP contribution in [0, 0.1) is 6.92 Å². The molecule has 0 amide bonds. The van der Waals surface area contributed by atoms with Crippen molar-refractivity contribution < 1.29 is 26.7 Å². The van der Waals surface area contributed by atoms with Crippen molar-refractivity contribution in [3.63, 3.8) is 0 Å². The third-order valence-electron chi connectivity index (χ3n) is 2.73. The summed E-state index contributed by atoms with van der Waals surface area (Å²) in [7, 11) is -7.00. The van der Waals surface area contributed by atoms with Crippen LogP contribution in [0.3, 0.4) is 0 Å². The van der Waals surface area contributed by atoms with Crippen LogP contribution >= 0.6 is 0 Å². The Morgan fingerprint density at radius 2 is 1.86 bits per heavy atom. The quantitative estimate of drug-likeness (QED) is 0.697. The van der Waals surface area contributed by atoms with Gasteiger partial charge in [0.25, 0.3) is 0 Å². The van der Waals surface area contributed by atoms with Crippen LogP contribution in [0.25, 0.3) is 0 Å². The molecule has 1 rings (SSSR count). The number of rotatable bonds is 7. The van der Waals surface area contributed by atoms with Gasteiger partial charge in [-0.1, -0.05) is 6.07 Å². The summed E-state index contributed by atoms with van der Waals surface area (Å²) in [6.45, 7) is 1.53. The Bertz CT molecular complexity index is 737. The fourth-order valence-corrected chi connectivity index (χ4v) is 3.39. The number of aryl methyl sites for hydroxylation is 1. The molecule has 0 aliphatic heterocycles. The first kappa shape index (κ1) is 17.6. The molecule has 1 aromatic rings. The minimum atomic E-state index is -3.86.